The number of likely N-dealkylation sites (tertiary alicyclic amines) is 1. The highest BCUT2D eigenvalue weighted by molar-refractivity contribution is 6.30. The van der Waals surface area contributed by atoms with Crippen LogP contribution in [-0.4, -0.2) is 31.1 Å². The molecule has 1 N–H and O–H groups in total. The highest BCUT2D eigenvalue weighted by Crippen LogP contribution is 2.22. The Morgan fingerprint density at radius 2 is 1.96 bits per heavy atom. The molecule has 0 saturated carbocycles. The highest BCUT2D eigenvalue weighted by Gasteiger charge is 2.19. The van der Waals surface area contributed by atoms with Crippen LogP contribution in [0.15, 0.2) is 48.5 Å². The predicted molar refractivity (Wildman–Crippen MR) is 98.9 cm³/mol. The van der Waals surface area contributed by atoms with Crippen molar-refractivity contribution in [2.75, 3.05) is 20.1 Å². The number of nitrogens with zero attached hydrogens (tertiary/aromatic N) is 1. The van der Waals surface area contributed by atoms with E-state index < -0.39 is 0 Å². The molecule has 122 valence electrons. The van der Waals surface area contributed by atoms with E-state index in [4.69, 9.17) is 11.6 Å². The van der Waals surface area contributed by atoms with Crippen molar-refractivity contribution in [2.45, 2.75) is 31.8 Å². The molecule has 0 aliphatic carbocycles. The van der Waals surface area contributed by atoms with Gasteiger partial charge in [0, 0.05) is 17.6 Å². The van der Waals surface area contributed by atoms with Crippen LogP contribution in [0, 0.1) is 0 Å². The van der Waals surface area contributed by atoms with Crippen LogP contribution in [0.3, 0.4) is 0 Å². The third-order valence-electron chi connectivity index (χ3n) is 4.76. The number of nitrogens with one attached hydrogen (secondary N) is 1. The van der Waals surface area contributed by atoms with Crippen LogP contribution in [0.25, 0.3) is 11.1 Å². The van der Waals surface area contributed by atoms with Crippen LogP contribution >= 0.6 is 11.6 Å². The molecule has 2 aromatic rings. The van der Waals surface area contributed by atoms with Crippen LogP contribution in [0.1, 0.15) is 24.8 Å². The summed E-state index contributed by atoms with van der Waals surface area (Å²) >= 11 is 5.97. The van der Waals surface area contributed by atoms with Gasteiger partial charge in [-0.2, -0.15) is 0 Å². The summed E-state index contributed by atoms with van der Waals surface area (Å²) < 4.78 is 0. The van der Waals surface area contributed by atoms with E-state index in [1.54, 1.807) is 0 Å². The lowest BCUT2D eigenvalue weighted by Gasteiger charge is -2.19. The minimum Gasteiger partial charge on any atom is -0.313 e. The average molecular weight is 329 g/mol. The summed E-state index contributed by atoms with van der Waals surface area (Å²) in [6.07, 6.45) is 3.95. The molecule has 2 nitrogen and oxygen atoms in total. The largest absolute Gasteiger partial charge is 0.313 e. The van der Waals surface area contributed by atoms with E-state index in [0.717, 1.165) is 24.2 Å². The van der Waals surface area contributed by atoms with Gasteiger partial charge in [-0.3, -0.25) is 0 Å². The topological polar surface area (TPSA) is 15.3 Å². The summed E-state index contributed by atoms with van der Waals surface area (Å²) in [7, 11) is 2.24. The van der Waals surface area contributed by atoms with E-state index in [-0.39, 0.29) is 0 Å². The quantitative estimate of drug-likeness (QED) is 0.781. The molecule has 2 aromatic carbocycles. The molecule has 0 radical (unpaired) electrons. The molecular formula is C20H25ClN2. The first-order valence-electron chi connectivity index (χ1n) is 8.48. The minimum atomic E-state index is 0.767. The van der Waals surface area contributed by atoms with Gasteiger partial charge in [-0.1, -0.05) is 41.9 Å². The van der Waals surface area contributed by atoms with Crippen LogP contribution in [0.2, 0.25) is 5.02 Å². The third kappa shape index (κ3) is 4.57. The van der Waals surface area contributed by atoms with E-state index in [1.165, 1.54) is 42.5 Å². The number of hydrogen-bond donors (Lipinski definition) is 1. The summed E-state index contributed by atoms with van der Waals surface area (Å²) in [5, 5.41) is 4.37. The molecule has 1 aliphatic heterocycles. The molecule has 1 fully saturated rings. The molecule has 0 amide bonds. The number of hydrogen-bond acceptors (Lipinski definition) is 2. The van der Waals surface area contributed by atoms with Gasteiger partial charge >= 0.3 is 0 Å². The summed E-state index contributed by atoms with van der Waals surface area (Å²) in [5.74, 6) is 0. The second-order valence-corrected chi connectivity index (χ2v) is 6.89. The molecule has 1 unspecified atom stereocenters. The second-order valence-electron chi connectivity index (χ2n) is 6.45. The standard InChI is InChI=1S/C20H25ClN2/c1-23-13-3-6-20(23)11-12-22-15-16-4-2-5-18(14-16)17-7-9-19(21)10-8-17/h2,4-5,7-10,14,20,22H,3,6,11-13,15H2,1H3. The molecule has 1 heterocycles. The smallest absolute Gasteiger partial charge is 0.0406 e. The van der Waals surface area contributed by atoms with Crippen molar-refractivity contribution in [3.63, 3.8) is 0 Å². The van der Waals surface area contributed by atoms with Gasteiger partial charge in [0.1, 0.15) is 0 Å². The SMILES string of the molecule is CN1CCCC1CCNCc1cccc(-c2ccc(Cl)cc2)c1. The predicted octanol–water partition coefficient (Wildman–Crippen LogP) is 4.58. The fraction of sp³-hybridized carbons (Fsp3) is 0.400. The summed E-state index contributed by atoms with van der Waals surface area (Å²) in [5.41, 5.74) is 3.79. The van der Waals surface area contributed by atoms with Crippen molar-refractivity contribution < 1.29 is 0 Å². The zero-order valence-electron chi connectivity index (χ0n) is 13.8. The zero-order chi connectivity index (χ0) is 16.1. The number of halogens is 1. The Balaban J connectivity index is 1.52. The van der Waals surface area contributed by atoms with Crippen molar-refractivity contribution in [1.82, 2.24) is 10.2 Å². The van der Waals surface area contributed by atoms with Gasteiger partial charge in [-0.25, -0.2) is 0 Å². The minimum absolute atomic E-state index is 0.767. The van der Waals surface area contributed by atoms with Gasteiger partial charge in [0.2, 0.25) is 0 Å². The normalized spacial score (nSPS) is 18.4. The van der Waals surface area contributed by atoms with Crippen LogP contribution in [-0.2, 0) is 6.54 Å². The molecule has 23 heavy (non-hydrogen) atoms. The fourth-order valence-electron chi connectivity index (χ4n) is 3.35. The Labute approximate surface area is 144 Å². The first-order valence-corrected chi connectivity index (χ1v) is 8.86. The zero-order valence-corrected chi connectivity index (χ0v) is 14.5. The lowest BCUT2D eigenvalue weighted by atomic mass is 10.0. The first kappa shape index (κ1) is 16.5. The maximum Gasteiger partial charge on any atom is 0.0406 e. The molecule has 0 bridgehead atoms. The van der Waals surface area contributed by atoms with Crippen molar-refractivity contribution in [3.8, 4) is 11.1 Å². The average Bonchev–Trinajstić information content (AvgIpc) is 2.98. The van der Waals surface area contributed by atoms with E-state index in [1.807, 2.05) is 12.1 Å². The molecule has 0 spiro atoms. The molecule has 1 atom stereocenters. The maximum absolute atomic E-state index is 5.97. The Morgan fingerprint density at radius 3 is 2.70 bits per heavy atom. The summed E-state index contributed by atoms with van der Waals surface area (Å²) in [6.45, 7) is 3.27. The lowest BCUT2D eigenvalue weighted by Crippen LogP contribution is -2.28. The maximum atomic E-state index is 5.97. The van der Waals surface area contributed by atoms with Crippen LogP contribution in [0.5, 0.6) is 0 Å². The summed E-state index contributed by atoms with van der Waals surface area (Å²) in [6, 6.07) is 17.5. The monoisotopic (exact) mass is 328 g/mol. The number of rotatable bonds is 6. The third-order valence-corrected chi connectivity index (χ3v) is 5.01. The van der Waals surface area contributed by atoms with Gasteiger partial charge in [0.25, 0.3) is 0 Å². The first-order chi connectivity index (χ1) is 11.2. The fourth-order valence-corrected chi connectivity index (χ4v) is 3.47. The Kier molecular flexibility index (Phi) is 5.71. The Morgan fingerprint density at radius 1 is 1.13 bits per heavy atom. The van der Waals surface area contributed by atoms with Gasteiger partial charge in [0.15, 0.2) is 0 Å². The Hall–Kier alpha value is -1.35. The molecule has 1 aliphatic rings. The highest BCUT2D eigenvalue weighted by atomic mass is 35.5. The molecule has 1 saturated heterocycles. The van der Waals surface area contributed by atoms with Gasteiger partial charge in [-0.05, 0) is 74.3 Å². The molecular weight excluding hydrogens is 304 g/mol. The van der Waals surface area contributed by atoms with E-state index in [9.17, 15) is 0 Å². The van der Waals surface area contributed by atoms with Crippen LogP contribution in [0.4, 0.5) is 0 Å². The van der Waals surface area contributed by atoms with Crippen molar-refractivity contribution in [1.29, 1.82) is 0 Å². The lowest BCUT2D eigenvalue weighted by molar-refractivity contribution is 0.293. The summed E-state index contributed by atoms with van der Waals surface area (Å²) in [4.78, 5) is 2.49. The van der Waals surface area contributed by atoms with E-state index in [0.29, 0.717) is 0 Å². The second kappa shape index (κ2) is 7.96. The van der Waals surface area contributed by atoms with Gasteiger partial charge in [-0.15, -0.1) is 0 Å². The van der Waals surface area contributed by atoms with Gasteiger partial charge < -0.3 is 10.2 Å². The Bertz CT molecular complexity index is 624. The van der Waals surface area contributed by atoms with Crippen molar-refractivity contribution >= 4 is 11.6 Å². The molecule has 3 heteroatoms. The van der Waals surface area contributed by atoms with E-state index >= 15 is 0 Å². The van der Waals surface area contributed by atoms with Gasteiger partial charge in [0.05, 0.1) is 0 Å². The van der Waals surface area contributed by atoms with E-state index in [2.05, 4.69) is 53.7 Å². The molecule has 0 aromatic heterocycles. The number of benzene rings is 2. The van der Waals surface area contributed by atoms with Crippen LogP contribution < -0.4 is 5.32 Å². The van der Waals surface area contributed by atoms with Crippen molar-refractivity contribution in [3.05, 3.63) is 59.1 Å². The van der Waals surface area contributed by atoms with Crippen molar-refractivity contribution in [2.24, 2.45) is 0 Å². The molecule has 3 rings (SSSR count).